The van der Waals surface area contributed by atoms with Crippen LogP contribution in [0, 0.1) is 27.6 Å². The number of aryl methyl sites for hydroxylation is 4. The molecule has 0 atom stereocenters. The molecule has 0 N–H and O–H groups in total. The van der Waals surface area contributed by atoms with Crippen LogP contribution in [0.4, 0.5) is 0 Å². The van der Waals surface area contributed by atoms with Crippen LogP contribution in [0.25, 0.3) is 33.5 Å². The van der Waals surface area contributed by atoms with Crippen LogP contribution in [0.2, 0.25) is 0 Å². The number of rotatable bonds is 1. The van der Waals surface area contributed by atoms with E-state index in [1.54, 1.807) is 6.20 Å². The zero-order valence-electron chi connectivity index (χ0n) is 21.4. The second-order valence-corrected chi connectivity index (χ2v) is 9.03. The third-order valence-electron chi connectivity index (χ3n) is 7.10. The van der Waals surface area contributed by atoms with Crippen LogP contribution in [-0.4, -0.2) is 4.98 Å². The van der Waals surface area contributed by atoms with Crippen molar-refractivity contribution in [2.75, 3.05) is 0 Å². The highest BCUT2D eigenvalue weighted by Gasteiger charge is 2.35. The normalized spacial score (nSPS) is 14.9. The third kappa shape index (κ3) is 2.51. The molecule has 2 aromatic carbocycles. The number of hydrogen-bond donors (Lipinski definition) is 0. The van der Waals surface area contributed by atoms with E-state index < -0.39 is 6.85 Å². The minimum Gasteiger partial charge on any atom is -0.257 e. The lowest BCUT2D eigenvalue weighted by atomic mass is 9.85. The average Bonchev–Trinajstić information content (AvgIpc) is 3.33. The fourth-order valence-electron chi connectivity index (χ4n) is 5.58. The maximum Gasteiger partial charge on any atom is 0.213 e. The second kappa shape index (κ2) is 6.37. The Hall–Kier alpha value is -3.26. The van der Waals surface area contributed by atoms with Gasteiger partial charge in [-0.25, -0.2) is 4.57 Å². The topological polar surface area (TPSA) is 16.8 Å². The molecule has 0 fully saturated rings. The van der Waals surface area contributed by atoms with Crippen LogP contribution < -0.4 is 4.57 Å². The van der Waals surface area contributed by atoms with Gasteiger partial charge in [-0.3, -0.25) is 4.98 Å². The summed E-state index contributed by atoms with van der Waals surface area (Å²) in [5, 5.41) is 0. The Kier molecular flexibility index (Phi) is 3.19. The van der Waals surface area contributed by atoms with Crippen molar-refractivity contribution in [3.63, 3.8) is 0 Å². The first kappa shape index (κ1) is 15.5. The van der Waals surface area contributed by atoms with Gasteiger partial charge in [-0.15, -0.1) is 0 Å². The lowest BCUT2D eigenvalue weighted by molar-refractivity contribution is -0.660. The average molecular weight is 407 g/mol. The molecule has 2 aliphatic carbocycles. The number of aromatic nitrogens is 2. The first-order valence-electron chi connectivity index (χ1n) is 12.4. The fraction of sp³-hybridized carbons (Fsp3) is 0.241. The summed E-state index contributed by atoms with van der Waals surface area (Å²) in [6.45, 7) is 4.05. The lowest BCUT2D eigenvalue weighted by Gasteiger charge is -2.18. The van der Waals surface area contributed by atoms with Gasteiger partial charge in [0.2, 0.25) is 5.69 Å². The molecule has 0 spiro atoms. The Morgan fingerprint density at radius 1 is 0.871 bits per heavy atom. The van der Waals surface area contributed by atoms with Gasteiger partial charge in [0.15, 0.2) is 6.20 Å². The number of pyridine rings is 2. The van der Waals surface area contributed by atoms with Crippen LogP contribution >= 0.6 is 0 Å². The molecule has 0 unspecified atom stereocenters. The van der Waals surface area contributed by atoms with Crippen LogP contribution in [0.3, 0.4) is 0 Å². The van der Waals surface area contributed by atoms with E-state index in [0.717, 1.165) is 35.5 Å². The van der Waals surface area contributed by atoms with Gasteiger partial charge in [-0.1, -0.05) is 30.3 Å². The van der Waals surface area contributed by atoms with E-state index in [-0.39, 0.29) is 0 Å². The minimum atomic E-state index is -2.13. The SMILES string of the molecule is [2H]C([2H])([2H])c1c[n+](C)c(-c2c(C)c3c(c4c2Cc2nc(C)ccc2-4)-c2ccccc2C3)cc1C. The number of fused-ring (bicyclic) bond motifs is 7. The van der Waals surface area contributed by atoms with Gasteiger partial charge in [-0.05, 0) is 84.6 Å². The summed E-state index contributed by atoms with van der Waals surface area (Å²) >= 11 is 0. The quantitative estimate of drug-likeness (QED) is 0.308. The van der Waals surface area contributed by atoms with Gasteiger partial charge in [-0.2, -0.15) is 0 Å². The summed E-state index contributed by atoms with van der Waals surface area (Å²) < 4.78 is 25.8. The molecule has 2 nitrogen and oxygen atoms in total. The molecule has 2 heterocycles. The van der Waals surface area contributed by atoms with E-state index in [0.29, 0.717) is 5.56 Å². The van der Waals surface area contributed by atoms with Gasteiger partial charge in [0, 0.05) is 33.4 Å². The molecule has 0 amide bonds. The molecule has 31 heavy (non-hydrogen) atoms. The summed E-state index contributed by atoms with van der Waals surface area (Å²) in [4.78, 5) is 4.92. The molecular formula is C29H27N2+. The Bertz CT molecular complexity index is 1530. The maximum absolute atomic E-state index is 7.94. The zero-order valence-corrected chi connectivity index (χ0v) is 18.4. The Morgan fingerprint density at radius 2 is 1.68 bits per heavy atom. The zero-order chi connectivity index (χ0) is 23.9. The van der Waals surface area contributed by atoms with Crippen LogP contribution in [-0.2, 0) is 19.9 Å². The summed E-state index contributed by atoms with van der Waals surface area (Å²) in [6.07, 6.45) is 3.50. The molecule has 0 aliphatic heterocycles. The van der Waals surface area contributed by atoms with Gasteiger partial charge < -0.3 is 0 Å². The molecule has 6 rings (SSSR count). The van der Waals surface area contributed by atoms with Gasteiger partial charge in [0.25, 0.3) is 0 Å². The highest BCUT2D eigenvalue weighted by Crippen LogP contribution is 2.53. The highest BCUT2D eigenvalue weighted by atomic mass is 14.9. The van der Waals surface area contributed by atoms with Crippen molar-refractivity contribution in [3.8, 4) is 33.5 Å². The van der Waals surface area contributed by atoms with Crippen molar-refractivity contribution in [2.24, 2.45) is 7.05 Å². The van der Waals surface area contributed by atoms with Crippen molar-refractivity contribution in [1.82, 2.24) is 4.98 Å². The van der Waals surface area contributed by atoms with E-state index in [2.05, 4.69) is 49.4 Å². The Balaban J connectivity index is 1.70. The van der Waals surface area contributed by atoms with Crippen LogP contribution in [0.1, 0.15) is 48.9 Å². The van der Waals surface area contributed by atoms with Crippen LogP contribution in [0.5, 0.6) is 0 Å². The molecular weight excluding hydrogens is 376 g/mol. The van der Waals surface area contributed by atoms with E-state index in [9.17, 15) is 0 Å². The highest BCUT2D eigenvalue weighted by molar-refractivity contribution is 5.99. The number of nitrogens with zero attached hydrogens (tertiary/aromatic N) is 2. The van der Waals surface area contributed by atoms with Gasteiger partial charge >= 0.3 is 0 Å². The predicted molar refractivity (Wildman–Crippen MR) is 126 cm³/mol. The third-order valence-corrected chi connectivity index (χ3v) is 7.10. The number of benzene rings is 2. The van der Waals surface area contributed by atoms with E-state index in [1.165, 1.54) is 50.1 Å². The molecule has 0 saturated carbocycles. The molecule has 2 aliphatic rings. The van der Waals surface area contributed by atoms with Crippen molar-refractivity contribution in [2.45, 2.75) is 40.5 Å². The fourth-order valence-corrected chi connectivity index (χ4v) is 5.58. The molecule has 152 valence electrons. The van der Waals surface area contributed by atoms with E-state index in [1.807, 2.05) is 25.5 Å². The summed E-state index contributed by atoms with van der Waals surface area (Å²) in [5.41, 5.74) is 16.2. The van der Waals surface area contributed by atoms with Gasteiger partial charge in [0.05, 0.1) is 11.3 Å². The second-order valence-electron chi connectivity index (χ2n) is 9.03. The van der Waals surface area contributed by atoms with Gasteiger partial charge in [0.1, 0.15) is 7.05 Å². The summed E-state index contributed by atoms with van der Waals surface area (Å²) in [7, 11) is 1.96. The van der Waals surface area contributed by atoms with E-state index in [4.69, 9.17) is 9.10 Å². The molecule has 0 bridgehead atoms. The van der Waals surface area contributed by atoms with Crippen molar-refractivity contribution in [1.29, 1.82) is 0 Å². The van der Waals surface area contributed by atoms with E-state index >= 15 is 0 Å². The Morgan fingerprint density at radius 3 is 2.52 bits per heavy atom. The summed E-state index contributed by atoms with van der Waals surface area (Å²) in [6, 6.07) is 15.1. The molecule has 0 radical (unpaired) electrons. The molecule has 4 aromatic rings. The summed E-state index contributed by atoms with van der Waals surface area (Å²) in [5.74, 6) is 0. The first-order chi connectivity index (χ1) is 16.1. The molecule has 0 saturated heterocycles. The minimum absolute atomic E-state index is 0.405. The first-order valence-corrected chi connectivity index (χ1v) is 10.9. The smallest absolute Gasteiger partial charge is 0.213 e. The van der Waals surface area contributed by atoms with Crippen molar-refractivity contribution >= 4 is 0 Å². The van der Waals surface area contributed by atoms with Crippen molar-refractivity contribution in [3.05, 3.63) is 93.4 Å². The largest absolute Gasteiger partial charge is 0.257 e. The maximum atomic E-state index is 7.94. The monoisotopic (exact) mass is 406 g/mol. The molecule has 2 aromatic heterocycles. The van der Waals surface area contributed by atoms with Crippen molar-refractivity contribution < 1.29 is 8.68 Å². The van der Waals surface area contributed by atoms with Crippen LogP contribution in [0.15, 0.2) is 48.7 Å². The molecule has 2 heteroatoms. The lowest BCUT2D eigenvalue weighted by Crippen LogP contribution is -2.32. The Labute approximate surface area is 188 Å². The standard InChI is InChI=1S/C29H27N2/c1-16-12-26(31(5)15-17(16)2)27-19(4)23-13-20-8-6-7-9-21(20)28(23)29-22-11-10-18(3)30-25(22)14-24(27)29/h6-12,15H,13-14H2,1-5H3/q+1/i2D3. The number of hydrogen-bond acceptors (Lipinski definition) is 1. The predicted octanol–water partition coefficient (Wildman–Crippen LogP) is 5.95.